The van der Waals surface area contributed by atoms with Crippen LogP contribution >= 0.6 is 0 Å². The van der Waals surface area contributed by atoms with E-state index in [1.807, 2.05) is 54.6 Å². The second-order valence-corrected chi connectivity index (χ2v) is 4.94. The van der Waals surface area contributed by atoms with Crippen molar-refractivity contribution in [1.29, 1.82) is 0 Å². The predicted octanol–water partition coefficient (Wildman–Crippen LogP) is 3.26. The van der Waals surface area contributed by atoms with Crippen LogP contribution in [0.5, 0.6) is 5.75 Å². The molecule has 0 aromatic heterocycles. The van der Waals surface area contributed by atoms with Crippen molar-refractivity contribution >= 4 is 6.09 Å². The number of carbonyl (C=O) groups excluding carboxylic acids is 1. The number of para-hydroxylation sites is 1. The SMILES string of the molecule is O=C(NCc1ccccc1)OC1CCc2ccccc2O1. The highest BCUT2D eigenvalue weighted by Crippen LogP contribution is 2.27. The van der Waals surface area contributed by atoms with Gasteiger partial charge in [0.2, 0.25) is 6.29 Å². The Morgan fingerprint density at radius 2 is 1.90 bits per heavy atom. The second kappa shape index (κ2) is 6.31. The molecular formula is C17H17NO3. The van der Waals surface area contributed by atoms with E-state index in [0.29, 0.717) is 13.0 Å². The Labute approximate surface area is 123 Å². The van der Waals surface area contributed by atoms with E-state index in [-0.39, 0.29) is 0 Å². The number of alkyl carbamates (subject to hydrolysis) is 1. The average molecular weight is 283 g/mol. The summed E-state index contributed by atoms with van der Waals surface area (Å²) >= 11 is 0. The lowest BCUT2D eigenvalue weighted by atomic mass is 10.1. The van der Waals surface area contributed by atoms with Gasteiger partial charge >= 0.3 is 6.09 Å². The van der Waals surface area contributed by atoms with Crippen LogP contribution in [-0.4, -0.2) is 12.4 Å². The molecule has 1 amide bonds. The predicted molar refractivity (Wildman–Crippen MR) is 78.9 cm³/mol. The van der Waals surface area contributed by atoms with Crippen LogP contribution in [0.4, 0.5) is 4.79 Å². The van der Waals surface area contributed by atoms with Crippen LogP contribution in [0, 0.1) is 0 Å². The van der Waals surface area contributed by atoms with Crippen LogP contribution in [0.1, 0.15) is 17.5 Å². The van der Waals surface area contributed by atoms with Gasteiger partial charge in [0.1, 0.15) is 5.75 Å². The first-order chi connectivity index (χ1) is 10.3. The summed E-state index contributed by atoms with van der Waals surface area (Å²) in [7, 11) is 0. The van der Waals surface area contributed by atoms with E-state index in [2.05, 4.69) is 5.32 Å². The van der Waals surface area contributed by atoms with Crippen LogP contribution < -0.4 is 10.1 Å². The van der Waals surface area contributed by atoms with E-state index in [9.17, 15) is 4.79 Å². The number of aryl methyl sites for hydroxylation is 1. The molecule has 0 aliphatic carbocycles. The summed E-state index contributed by atoms with van der Waals surface area (Å²) in [5.74, 6) is 0.796. The molecule has 0 bridgehead atoms. The number of hydrogen-bond acceptors (Lipinski definition) is 3. The highest BCUT2D eigenvalue weighted by atomic mass is 16.7. The molecule has 0 saturated heterocycles. The van der Waals surface area contributed by atoms with Crippen molar-refractivity contribution in [3.05, 3.63) is 65.7 Å². The molecule has 0 radical (unpaired) electrons. The number of rotatable bonds is 3. The van der Waals surface area contributed by atoms with Crippen molar-refractivity contribution in [2.24, 2.45) is 0 Å². The molecule has 2 aromatic carbocycles. The van der Waals surface area contributed by atoms with Crippen LogP contribution in [0.25, 0.3) is 0 Å². The van der Waals surface area contributed by atoms with Gasteiger partial charge in [-0.15, -0.1) is 0 Å². The Bertz CT molecular complexity index is 612. The normalized spacial score (nSPS) is 16.5. The summed E-state index contributed by atoms with van der Waals surface area (Å²) in [6.45, 7) is 0.447. The molecule has 1 N–H and O–H groups in total. The Morgan fingerprint density at radius 3 is 2.76 bits per heavy atom. The molecule has 3 rings (SSSR count). The fourth-order valence-corrected chi connectivity index (χ4v) is 2.31. The third-order valence-corrected chi connectivity index (χ3v) is 3.40. The molecule has 1 aliphatic heterocycles. The zero-order valence-corrected chi connectivity index (χ0v) is 11.6. The highest BCUT2D eigenvalue weighted by Gasteiger charge is 2.22. The number of ether oxygens (including phenoxy) is 2. The van der Waals surface area contributed by atoms with E-state index < -0.39 is 12.4 Å². The molecular weight excluding hydrogens is 266 g/mol. The number of fused-ring (bicyclic) bond motifs is 1. The minimum absolute atomic E-state index is 0.447. The number of nitrogens with one attached hydrogen (secondary N) is 1. The van der Waals surface area contributed by atoms with Crippen molar-refractivity contribution in [1.82, 2.24) is 5.32 Å². The monoisotopic (exact) mass is 283 g/mol. The van der Waals surface area contributed by atoms with E-state index in [0.717, 1.165) is 23.3 Å². The van der Waals surface area contributed by atoms with Crippen molar-refractivity contribution in [3.8, 4) is 5.75 Å². The Morgan fingerprint density at radius 1 is 1.14 bits per heavy atom. The molecule has 1 aliphatic rings. The second-order valence-electron chi connectivity index (χ2n) is 4.94. The maximum atomic E-state index is 11.8. The third-order valence-electron chi connectivity index (χ3n) is 3.40. The van der Waals surface area contributed by atoms with Gasteiger partial charge in [0.25, 0.3) is 0 Å². The summed E-state index contributed by atoms with van der Waals surface area (Å²) in [4.78, 5) is 11.8. The molecule has 21 heavy (non-hydrogen) atoms. The number of hydrogen-bond donors (Lipinski definition) is 1. The summed E-state index contributed by atoms with van der Waals surface area (Å²) in [6, 6.07) is 17.5. The molecule has 1 unspecified atom stereocenters. The first-order valence-corrected chi connectivity index (χ1v) is 7.04. The lowest BCUT2D eigenvalue weighted by Gasteiger charge is -2.25. The zero-order chi connectivity index (χ0) is 14.5. The molecule has 4 nitrogen and oxygen atoms in total. The Kier molecular flexibility index (Phi) is 4.05. The summed E-state index contributed by atoms with van der Waals surface area (Å²) in [6.07, 6.45) is 0.557. The quantitative estimate of drug-likeness (QED) is 0.940. The molecule has 108 valence electrons. The molecule has 1 atom stereocenters. The lowest BCUT2D eigenvalue weighted by Crippen LogP contribution is -2.33. The van der Waals surface area contributed by atoms with Gasteiger partial charge in [0, 0.05) is 13.0 Å². The summed E-state index contributed by atoms with van der Waals surface area (Å²) < 4.78 is 11.0. The summed E-state index contributed by atoms with van der Waals surface area (Å²) in [5.41, 5.74) is 2.19. The van der Waals surface area contributed by atoms with E-state index in [1.54, 1.807) is 0 Å². The minimum atomic E-state index is -0.518. The minimum Gasteiger partial charge on any atom is -0.454 e. The van der Waals surface area contributed by atoms with Crippen LogP contribution in [0.15, 0.2) is 54.6 Å². The number of carbonyl (C=O) groups is 1. The molecule has 0 fully saturated rings. The van der Waals surface area contributed by atoms with Crippen molar-refractivity contribution < 1.29 is 14.3 Å². The Hall–Kier alpha value is -2.49. The summed E-state index contributed by atoms with van der Waals surface area (Å²) in [5, 5.41) is 2.73. The first-order valence-electron chi connectivity index (χ1n) is 7.04. The lowest BCUT2D eigenvalue weighted by molar-refractivity contribution is -0.0446. The first kappa shape index (κ1) is 13.5. The van der Waals surface area contributed by atoms with Gasteiger partial charge in [-0.3, -0.25) is 0 Å². The van der Waals surface area contributed by atoms with Gasteiger partial charge < -0.3 is 14.8 Å². The fourth-order valence-electron chi connectivity index (χ4n) is 2.31. The van der Waals surface area contributed by atoms with Crippen molar-refractivity contribution in [3.63, 3.8) is 0 Å². The maximum Gasteiger partial charge on any atom is 0.410 e. The van der Waals surface area contributed by atoms with Crippen LogP contribution in [-0.2, 0) is 17.7 Å². The number of amides is 1. The van der Waals surface area contributed by atoms with Gasteiger partial charge in [-0.05, 0) is 23.6 Å². The largest absolute Gasteiger partial charge is 0.454 e. The average Bonchev–Trinajstić information content (AvgIpc) is 2.54. The third kappa shape index (κ3) is 3.54. The van der Waals surface area contributed by atoms with Crippen molar-refractivity contribution in [2.45, 2.75) is 25.7 Å². The van der Waals surface area contributed by atoms with Crippen molar-refractivity contribution in [2.75, 3.05) is 0 Å². The Balaban J connectivity index is 1.50. The molecule has 0 saturated carbocycles. The maximum absolute atomic E-state index is 11.8. The molecule has 2 aromatic rings. The van der Waals surface area contributed by atoms with E-state index in [4.69, 9.17) is 9.47 Å². The van der Waals surface area contributed by atoms with Crippen LogP contribution in [0.2, 0.25) is 0 Å². The fraction of sp³-hybridized carbons (Fsp3) is 0.235. The number of benzene rings is 2. The highest BCUT2D eigenvalue weighted by molar-refractivity contribution is 5.67. The zero-order valence-electron chi connectivity index (χ0n) is 11.6. The van der Waals surface area contributed by atoms with Gasteiger partial charge in [-0.1, -0.05) is 48.5 Å². The molecule has 4 heteroatoms. The van der Waals surface area contributed by atoms with Gasteiger partial charge in [-0.2, -0.15) is 0 Å². The molecule has 1 heterocycles. The topological polar surface area (TPSA) is 47.6 Å². The van der Waals surface area contributed by atoms with Crippen LogP contribution in [0.3, 0.4) is 0 Å². The molecule has 0 spiro atoms. The van der Waals surface area contributed by atoms with Gasteiger partial charge in [0.15, 0.2) is 0 Å². The smallest absolute Gasteiger partial charge is 0.410 e. The van der Waals surface area contributed by atoms with Gasteiger partial charge in [0.05, 0.1) is 0 Å². The standard InChI is InChI=1S/C17H17NO3/c19-17(18-12-13-6-2-1-3-7-13)21-16-11-10-14-8-4-5-9-15(14)20-16/h1-9,16H,10-12H2,(H,18,19). The van der Waals surface area contributed by atoms with E-state index >= 15 is 0 Å². The van der Waals surface area contributed by atoms with E-state index in [1.165, 1.54) is 0 Å². The van der Waals surface area contributed by atoms with Gasteiger partial charge in [-0.25, -0.2) is 4.79 Å².